The molecule has 0 aromatic rings. The van der Waals surface area contributed by atoms with E-state index in [1.165, 1.54) is 20.8 Å². The van der Waals surface area contributed by atoms with Crippen molar-refractivity contribution in [2.75, 3.05) is 18.8 Å². The molecular weight excluding hydrogens is 206 g/mol. The fourth-order valence-corrected chi connectivity index (χ4v) is 2.32. The van der Waals surface area contributed by atoms with Crippen LogP contribution in [-0.2, 0) is 10.0 Å². The molecule has 0 saturated carbocycles. The van der Waals surface area contributed by atoms with Crippen molar-refractivity contribution in [3.63, 3.8) is 0 Å². The molecule has 14 heavy (non-hydrogen) atoms. The first-order chi connectivity index (χ1) is 6.29. The fourth-order valence-electron chi connectivity index (χ4n) is 1.07. The predicted octanol–water partition coefficient (Wildman–Crippen LogP) is -0.600. The molecular formula is C8H19NO4S. The molecule has 0 heterocycles. The summed E-state index contributed by atoms with van der Waals surface area (Å²) < 4.78 is 24.1. The van der Waals surface area contributed by atoms with Gasteiger partial charge in [-0.05, 0) is 20.8 Å². The molecule has 0 radical (unpaired) electrons. The van der Waals surface area contributed by atoms with Crippen LogP contribution in [0.25, 0.3) is 0 Å². The maximum Gasteiger partial charge on any atom is 0.214 e. The lowest BCUT2D eigenvalue weighted by molar-refractivity contribution is 0.125. The molecule has 0 aromatic heterocycles. The van der Waals surface area contributed by atoms with E-state index in [9.17, 15) is 8.42 Å². The molecule has 2 unspecified atom stereocenters. The van der Waals surface area contributed by atoms with Gasteiger partial charge in [-0.1, -0.05) is 0 Å². The van der Waals surface area contributed by atoms with Crippen molar-refractivity contribution in [3.8, 4) is 0 Å². The van der Waals surface area contributed by atoms with Crippen LogP contribution in [0.2, 0.25) is 0 Å². The second-order valence-corrected chi connectivity index (χ2v) is 5.67. The van der Waals surface area contributed by atoms with Gasteiger partial charge in [0.1, 0.15) is 0 Å². The smallest absolute Gasteiger partial charge is 0.214 e. The summed E-state index contributed by atoms with van der Waals surface area (Å²) in [5, 5.41) is 18.2. The van der Waals surface area contributed by atoms with E-state index >= 15 is 0 Å². The number of aliphatic hydroxyl groups is 2. The molecule has 2 N–H and O–H groups in total. The zero-order valence-electron chi connectivity index (χ0n) is 8.84. The summed E-state index contributed by atoms with van der Waals surface area (Å²) in [6.45, 7) is 4.62. The summed E-state index contributed by atoms with van der Waals surface area (Å²) in [4.78, 5) is 0. The van der Waals surface area contributed by atoms with Crippen molar-refractivity contribution in [3.05, 3.63) is 0 Å². The van der Waals surface area contributed by atoms with Crippen LogP contribution in [-0.4, -0.2) is 54.0 Å². The Morgan fingerprint density at radius 3 is 1.71 bits per heavy atom. The minimum atomic E-state index is -3.34. The minimum absolute atomic E-state index is 0.0214. The summed E-state index contributed by atoms with van der Waals surface area (Å²) >= 11 is 0. The molecule has 0 bridgehead atoms. The van der Waals surface area contributed by atoms with Gasteiger partial charge in [0.2, 0.25) is 10.0 Å². The lowest BCUT2D eigenvalue weighted by Gasteiger charge is -2.23. The van der Waals surface area contributed by atoms with E-state index in [0.717, 1.165) is 4.31 Å². The third-order valence-electron chi connectivity index (χ3n) is 1.69. The van der Waals surface area contributed by atoms with Crippen LogP contribution in [0.4, 0.5) is 0 Å². The summed E-state index contributed by atoms with van der Waals surface area (Å²) in [6, 6.07) is 0. The van der Waals surface area contributed by atoms with Crippen LogP contribution >= 0.6 is 0 Å². The molecule has 0 aromatic carbocycles. The Morgan fingerprint density at radius 1 is 1.14 bits per heavy atom. The number of hydrogen-bond acceptors (Lipinski definition) is 4. The van der Waals surface area contributed by atoms with Gasteiger partial charge in [-0.2, -0.15) is 4.31 Å². The van der Waals surface area contributed by atoms with Gasteiger partial charge in [0.25, 0.3) is 0 Å². The van der Waals surface area contributed by atoms with Gasteiger partial charge in [0.05, 0.1) is 18.0 Å². The molecule has 0 aliphatic rings. The second kappa shape index (κ2) is 5.65. The number of hydrogen-bond donors (Lipinski definition) is 2. The maximum atomic E-state index is 11.5. The molecule has 2 atom stereocenters. The van der Waals surface area contributed by atoms with Crippen LogP contribution < -0.4 is 0 Å². The number of rotatable bonds is 6. The minimum Gasteiger partial charge on any atom is -0.392 e. The molecule has 5 nitrogen and oxygen atoms in total. The Labute approximate surface area is 85.4 Å². The van der Waals surface area contributed by atoms with Crippen LogP contribution in [0.3, 0.4) is 0 Å². The first-order valence-electron chi connectivity index (χ1n) is 4.63. The topological polar surface area (TPSA) is 77.8 Å². The molecule has 0 amide bonds. The van der Waals surface area contributed by atoms with Gasteiger partial charge in [-0.25, -0.2) is 8.42 Å². The molecule has 0 rings (SSSR count). The summed E-state index contributed by atoms with van der Waals surface area (Å²) in [5.41, 5.74) is 0. The summed E-state index contributed by atoms with van der Waals surface area (Å²) in [5.74, 6) is -0.0214. The van der Waals surface area contributed by atoms with Crippen LogP contribution in [0.15, 0.2) is 0 Å². The van der Waals surface area contributed by atoms with Gasteiger partial charge < -0.3 is 10.2 Å². The SMILES string of the molecule is CCS(=O)(=O)N(CC(C)O)CC(C)O. The van der Waals surface area contributed by atoms with E-state index in [-0.39, 0.29) is 18.8 Å². The standard InChI is InChI=1S/C8H19NO4S/c1-4-14(12,13)9(5-7(2)10)6-8(3)11/h7-8,10-11H,4-6H2,1-3H3. The number of aliphatic hydroxyl groups excluding tert-OH is 2. The summed E-state index contributed by atoms with van der Waals surface area (Å²) in [7, 11) is -3.34. The monoisotopic (exact) mass is 225 g/mol. The van der Waals surface area contributed by atoms with Gasteiger partial charge in [0.15, 0.2) is 0 Å². The molecule has 0 aliphatic heterocycles. The van der Waals surface area contributed by atoms with E-state index < -0.39 is 22.2 Å². The van der Waals surface area contributed by atoms with E-state index in [4.69, 9.17) is 10.2 Å². The molecule has 0 saturated heterocycles. The molecule has 0 spiro atoms. The zero-order chi connectivity index (χ0) is 11.4. The highest BCUT2D eigenvalue weighted by Crippen LogP contribution is 2.04. The van der Waals surface area contributed by atoms with Crippen molar-refractivity contribution >= 4 is 10.0 Å². The Kier molecular flexibility index (Phi) is 5.58. The molecule has 0 aliphatic carbocycles. The molecule has 86 valence electrons. The Bertz CT molecular complexity index is 238. The third kappa shape index (κ3) is 4.90. The van der Waals surface area contributed by atoms with Crippen LogP contribution in [0.1, 0.15) is 20.8 Å². The summed E-state index contributed by atoms with van der Waals surface area (Å²) in [6.07, 6.45) is -1.45. The van der Waals surface area contributed by atoms with Gasteiger partial charge in [-0.3, -0.25) is 0 Å². The van der Waals surface area contributed by atoms with Crippen molar-refractivity contribution in [2.45, 2.75) is 33.0 Å². The largest absolute Gasteiger partial charge is 0.392 e. The lowest BCUT2D eigenvalue weighted by Crippen LogP contribution is -2.41. The van der Waals surface area contributed by atoms with E-state index in [2.05, 4.69) is 0 Å². The molecule has 6 heteroatoms. The normalized spacial score (nSPS) is 17.0. The van der Waals surface area contributed by atoms with Gasteiger partial charge in [0, 0.05) is 13.1 Å². The van der Waals surface area contributed by atoms with Crippen LogP contribution in [0.5, 0.6) is 0 Å². The second-order valence-electron chi connectivity index (χ2n) is 3.42. The Hall–Kier alpha value is -0.170. The molecule has 0 fully saturated rings. The quantitative estimate of drug-likeness (QED) is 0.633. The predicted molar refractivity (Wildman–Crippen MR) is 54.4 cm³/mol. The lowest BCUT2D eigenvalue weighted by atomic mass is 10.3. The first-order valence-corrected chi connectivity index (χ1v) is 6.24. The Balaban J connectivity index is 4.55. The fraction of sp³-hybridized carbons (Fsp3) is 1.00. The number of sulfonamides is 1. The Morgan fingerprint density at radius 2 is 1.50 bits per heavy atom. The van der Waals surface area contributed by atoms with Crippen LogP contribution in [0, 0.1) is 0 Å². The average Bonchev–Trinajstić information content (AvgIpc) is 2.01. The highest BCUT2D eigenvalue weighted by Gasteiger charge is 2.22. The highest BCUT2D eigenvalue weighted by molar-refractivity contribution is 7.89. The van der Waals surface area contributed by atoms with Crippen molar-refractivity contribution in [1.82, 2.24) is 4.31 Å². The van der Waals surface area contributed by atoms with Crippen molar-refractivity contribution in [2.24, 2.45) is 0 Å². The van der Waals surface area contributed by atoms with E-state index in [1.807, 2.05) is 0 Å². The third-order valence-corrected chi connectivity index (χ3v) is 3.51. The van der Waals surface area contributed by atoms with E-state index in [1.54, 1.807) is 0 Å². The zero-order valence-corrected chi connectivity index (χ0v) is 9.66. The van der Waals surface area contributed by atoms with Crippen molar-refractivity contribution < 1.29 is 18.6 Å². The number of nitrogens with zero attached hydrogens (tertiary/aromatic N) is 1. The average molecular weight is 225 g/mol. The van der Waals surface area contributed by atoms with Gasteiger partial charge >= 0.3 is 0 Å². The van der Waals surface area contributed by atoms with E-state index in [0.29, 0.717) is 0 Å². The van der Waals surface area contributed by atoms with Crippen molar-refractivity contribution in [1.29, 1.82) is 0 Å². The first kappa shape index (κ1) is 13.8. The highest BCUT2D eigenvalue weighted by atomic mass is 32.2. The van der Waals surface area contributed by atoms with Gasteiger partial charge in [-0.15, -0.1) is 0 Å². The maximum absolute atomic E-state index is 11.5.